The molecule has 0 saturated carbocycles. The summed E-state index contributed by atoms with van der Waals surface area (Å²) in [5, 5.41) is 0. The van der Waals surface area contributed by atoms with Crippen LogP contribution >= 0.6 is 0 Å². The third kappa shape index (κ3) is 3.72. The molecule has 100 valence electrons. The van der Waals surface area contributed by atoms with Crippen LogP contribution in [-0.2, 0) is 0 Å². The van der Waals surface area contributed by atoms with Crippen LogP contribution in [0.25, 0.3) is 0 Å². The van der Waals surface area contributed by atoms with Crippen molar-refractivity contribution in [2.75, 3.05) is 13.1 Å². The number of aryl methyl sites for hydroxylation is 1. The normalized spacial score (nSPS) is 11.4. The minimum absolute atomic E-state index is 0.133. The maximum absolute atomic E-state index is 13.5. The number of halogens is 4. The van der Waals surface area contributed by atoms with Crippen molar-refractivity contribution in [3.8, 4) is 0 Å². The van der Waals surface area contributed by atoms with E-state index < -0.39 is 24.4 Å². The molecule has 0 aliphatic carbocycles. The summed E-state index contributed by atoms with van der Waals surface area (Å²) < 4.78 is 50.2. The van der Waals surface area contributed by atoms with Gasteiger partial charge in [-0.05, 0) is 31.5 Å². The maximum atomic E-state index is 13.5. The number of hydrogen-bond acceptors (Lipinski definition) is 1. The third-order valence-electron chi connectivity index (χ3n) is 2.39. The molecule has 2 nitrogen and oxygen atoms in total. The van der Waals surface area contributed by atoms with Crippen molar-refractivity contribution in [1.29, 1.82) is 0 Å². The van der Waals surface area contributed by atoms with Gasteiger partial charge >= 0.3 is 6.18 Å². The molecule has 0 saturated heterocycles. The zero-order valence-electron chi connectivity index (χ0n) is 10.0. The number of benzene rings is 1. The van der Waals surface area contributed by atoms with Crippen molar-refractivity contribution in [1.82, 2.24) is 4.90 Å². The summed E-state index contributed by atoms with van der Waals surface area (Å²) in [5.74, 6) is -1.76. The highest BCUT2D eigenvalue weighted by Crippen LogP contribution is 2.19. The average Bonchev–Trinajstić information content (AvgIpc) is 2.24. The molecule has 0 fully saturated rings. The summed E-state index contributed by atoms with van der Waals surface area (Å²) in [6.07, 6.45) is -4.49. The van der Waals surface area contributed by atoms with Gasteiger partial charge in [-0.25, -0.2) is 4.39 Å². The molecule has 18 heavy (non-hydrogen) atoms. The molecule has 0 radical (unpaired) electrons. The Morgan fingerprint density at radius 2 is 1.94 bits per heavy atom. The van der Waals surface area contributed by atoms with Gasteiger partial charge in [0.15, 0.2) is 0 Å². The van der Waals surface area contributed by atoms with E-state index >= 15 is 0 Å². The van der Waals surface area contributed by atoms with Crippen molar-refractivity contribution < 1.29 is 22.4 Å². The first-order chi connectivity index (χ1) is 8.24. The summed E-state index contributed by atoms with van der Waals surface area (Å²) in [6, 6.07) is 3.80. The topological polar surface area (TPSA) is 20.3 Å². The van der Waals surface area contributed by atoms with Crippen molar-refractivity contribution in [2.45, 2.75) is 20.0 Å². The number of rotatable bonds is 3. The number of carbonyl (C=O) groups is 1. The van der Waals surface area contributed by atoms with Gasteiger partial charge in [-0.1, -0.05) is 6.07 Å². The lowest BCUT2D eigenvalue weighted by Gasteiger charge is -2.22. The van der Waals surface area contributed by atoms with Crippen LogP contribution in [0.3, 0.4) is 0 Å². The largest absolute Gasteiger partial charge is 0.406 e. The SMILES string of the molecule is CCN(CC(F)(F)F)C(=O)c1ccc(C)cc1F. The third-order valence-corrected chi connectivity index (χ3v) is 2.39. The van der Waals surface area contributed by atoms with Gasteiger partial charge in [-0.15, -0.1) is 0 Å². The molecule has 0 N–H and O–H groups in total. The van der Waals surface area contributed by atoms with Gasteiger partial charge in [0.25, 0.3) is 5.91 Å². The van der Waals surface area contributed by atoms with Crippen LogP contribution in [0.2, 0.25) is 0 Å². The predicted octanol–water partition coefficient (Wildman–Crippen LogP) is 3.16. The first-order valence-corrected chi connectivity index (χ1v) is 5.36. The van der Waals surface area contributed by atoms with E-state index in [1.165, 1.54) is 19.1 Å². The van der Waals surface area contributed by atoms with E-state index in [1.54, 1.807) is 6.92 Å². The lowest BCUT2D eigenvalue weighted by atomic mass is 10.1. The quantitative estimate of drug-likeness (QED) is 0.767. The predicted molar refractivity (Wildman–Crippen MR) is 58.8 cm³/mol. The number of carbonyl (C=O) groups excluding carboxylic acids is 1. The molecule has 1 aromatic rings. The zero-order chi connectivity index (χ0) is 13.9. The molecular formula is C12H13F4NO. The van der Waals surface area contributed by atoms with Crippen LogP contribution in [0.1, 0.15) is 22.8 Å². The van der Waals surface area contributed by atoms with E-state index in [0.717, 1.165) is 6.07 Å². The second-order valence-corrected chi connectivity index (χ2v) is 3.92. The van der Waals surface area contributed by atoms with E-state index in [2.05, 4.69) is 0 Å². The Labute approximate surface area is 102 Å². The average molecular weight is 263 g/mol. The molecule has 1 rings (SSSR count). The Morgan fingerprint density at radius 1 is 1.33 bits per heavy atom. The van der Waals surface area contributed by atoms with E-state index in [9.17, 15) is 22.4 Å². The Kier molecular flexibility index (Phi) is 4.32. The van der Waals surface area contributed by atoms with Crippen molar-refractivity contribution >= 4 is 5.91 Å². The van der Waals surface area contributed by atoms with Gasteiger partial charge in [-0.3, -0.25) is 4.79 Å². The second kappa shape index (κ2) is 5.37. The van der Waals surface area contributed by atoms with Crippen molar-refractivity contribution in [2.24, 2.45) is 0 Å². The van der Waals surface area contributed by atoms with Crippen LogP contribution in [0.4, 0.5) is 17.6 Å². The van der Waals surface area contributed by atoms with Crippen LogP contribution in [0.5, 0.6) is 0 Å². The second-order valence-electron chi connectivity index (χ2n) is 3.92. The molecule has 0 unspecified atom stereocenters. The zero-order valence-corrected chi connectivity index (χ0v) is 10.0. The number of alkyl halides is 3. The lowest BCUT2D eigenvalue weighted by Crippen LogP contribution is -2.39. The fraction of sp³-hybridized carbons (Fsp3) is 0.417. The molecule has 6 heteroatoms. The van der Waals surface area contributed by atoms with Crippen LogP contribution in [-0.4, -0.2) is 30.1 Å². The molecule has 0 atom stereocenters. The van der Waals surface area contributed by atoms with Crippen LogP contribution in [0.15, 0.2) is 18.2 Å². The molecular weight excluding hydrogens is 250 g/mol. The van der Waals surface area contributed by atoms with Crippen LogP contribution in [0, 0.1) is 12.7 Å². The monoisotopic (exact) mass is 263 g/mol. The minimum atomic E-state index is -4.49. The molecule has 0 heterocycles. The maximum Gasteiger partial charge on any atom is 0.406 e. The number of amides is 1. The summed E-state index contributed by atoms with van der Waals surface area (Å²) in [4.78, 5) is 12.3. The summed E-state index contributed by atoms with van der Waals surface area (Å²) in [6.45, 7) is 1.53. The first kappa shape index (κ1) is 14.5. The van der Waals surface area contributed by atoms with Gasteiger partial charge in [0.1, 0.15) is 12.4 Å². The highest BCUT2D eigenvalue weighted by molar-refractivity contribution is 5.94. The van der Waals surface area contributed by atoms with Gasteiger partial charge in [0.2, 0.25) is 0 Å². The Morgan fingerprint density at radius 3 is 2.39 bits per heavy atom. The highest BCUT2D eigenvalue weighted by atomic mass is 19.4. The molecule has 1 aromatic carbocycles. The number of nitrogens with zero attached hydrogens (tertiary/aromatic N) is 1. The fourth-order valence-electron chi connectivity index (χ4n) is 1.51. The first-order valence-electron chi connectivity index (χ1n) is 5.36. The summed E-state index contributed by atoms with van der Waals surface area (Å²) in [5.41, 5.74) is 0.259. The molecule has 0 spiro atoms. The van der Waals surface area contributed by atoms with Crippen molar-refractivity contribution in [3.63, 3.8) is 0 Å². The van der Waals surface area contributed by atoms with Crippen LogP contribution < -0.4 is 0 Å². The fourth-order valence-corrected chi connectivity index (χ4v) is 1.51. The Bertz CT molecular complexity index is 442. The van der Waals surface area contributed by atoms with Gasteiger partial charge in [-0.2, -0.15) is 13.2 Å². The van der Waals surface area contributed by atoms with E-state index in [4.69, 9.17) is 0 Å². The molecule has 0 aliphatic rings. The molecule has 0 aromatic heterocycles. The summed E-state index contributed by atoms with van der Waals surface area (Å²) in [7, 11) is 0. The van der Waals surface area contributed by atoms with Crippen molar-refractivity contribution in [3.05, 3.63) is 35.1 Å². The Balaban J connectivity index is 2.97. The smallest absolute Gasteiger partial charge is 0.330 e. The van der Waals surface area contributed by atoms with E-state index in [1.807, 2.05) is 0 Å². The molecule has 0 aliphatic heterocycles. The highest BCUT2D eigenvalue weighted by Gasteiger charge is 2.33. The molecule has 0 bridgehead atoms. The van der Waals surface area contributed by atoms with Gasteiger partial charge in [0, 0.05) is 6.54 Å². The minimum Gasteiger partial charge on any atom is -0.330 e. The van der Waals surface area contributed by atoms with E-state index in [0.29, 0.717) is 10.5 Å². The van der Waals surface area contributed by atoms with Gasteiger partial charge in [0.05, 0.1) is 5.56 Å². The number of hydrogen-bond donors (Lipinski definition) is 0. The standard InChI is InChI=1S/C12H13F4NO/c1-3-17(7-12(14,15)16)11(18)9-5-4-8(2)6-10(9)13/h4-6H,3,7H2,1-2H3. The summed E-state index contributed by atoms with van der Waals surface area (Å²) >= 11 is 0. The van der Waals surface area contributed by atoms with Gasteiger partial charge < -0.3 is 4.90 Å². The molecule has 1 amide bonds. The lowest BCUT2D eigenvalue weighted by molar-refractivity contribution is -0.140. The Hall–Kier alpha value is -1.59. The van der Waals surface area contributed by atoms with E-state index in [-0.39, 0.29) is 12.1 Å².